The van der Waals surface area contributed by atoms with Crippen molar-refractivity contribution in [2.24, 2.45) is 0 Å². The predicted molar refractivity (Wildman–Crippen MR) is 43.2 cm³/mol. The summed E-state index contributed by atoms with van der Waals surface area (Å²) in [7, 11) is 3.89. The van der Waals surface area contributed by atoms with Gasteiger partial charge in [0.2, 0.25) is 0 Å². The largest absolute Gasteiger partial charge is 0.550 e. The Balaban J connectivity index is 3.63. The molecule has 0 saturated heterocycles. The molecule has 0 aliphatic rings. The zero-order valence-corrected chi connectivity index (χ0v) is 7.75. The van der Waals surface area contributed by atoms with Crippen LogP contribution in [-0.4, -0.2) is 49.4 Å². The highest BCUT2D eigenvalue weighted by molar-refractivity contribution is 5.64. The molecule has 0 bridgehead atoms. The first-order valence-corrected chi connectivity index (χ1v) is 4.10. The first-order chi connectivity index (χ1) is 5.48. The van der Waals surface area contributed by atoms with Crippen molar-refractivity contribution in [1.82, 2.24) is 0 Å². The van der Waals surface area contributed by atoms with Gasteiger partial charge in [0.1, 0.15) is 0 Å². The Morgan fingerprint density at radius 3 is 2.42 bits per heavy atom. The maximum Gasteiger partial charge on any atom is 0.0835 e. The molecule has 0 amide bonds. The molecule has 4 heteroatoms. The number of hydrogen-bond acceptors (Lipinski definition) is 3. The van der Waals surface area contributed by atoms with E-state index in [2.05, 4.69) is 0 Å². The fraction of sp³-hybridized carbons (Fsp3) is 0.875. The minimum absolute atomic E-state index is 0.0818. The molecule has 0 unspecified atom stereocenters. The second-order valence-electron chi connectivity index (χ2n) is 3.58. The van der Waals surface area contributed by atoms with E-state index in [4.69, 9.17) is 5.11 Å². The first-order valence-electron chi connectivity index (χ1n) is 4.10. The number of carboxylic acid groups (broad SMARTS) is 1. The van der Waals surface area contributed by atoms with E-state index >= 15 is 0 Å². The number of rotatable bonds is 6. The second kappa shape index (κ2) is 5.11. The first kappa shape index (κ1) is 11.4. The molecule has 0 aromatic rings. The van der Waals surface area contributed by atoms with Gasteiger partial charge in [-0.15, -0.1) is 0 Å². The van der Waals surface area contributed by atoms with Gasteiger partial charge in [-0.1, -0.05) is 0 Å². The SMILES string of the molecule is C[N+](C)(CCCO)CCC(=O)[O-]. The summed E-state index contributed by atoms with van der Waals surface area (Å²) >= 11 is 0. The van der Waals surface area contributed by atoms with Crippen LogP contribution in [0.1, 0.15) is 12.8 Å². The lowest BCUT2D eigenvalue weighted by molar-refractivity contribution is -0.890. The molecule has 0 aliphatic carbocycles. The summed E-state index contributed by atoms with van der Waals surface area (Å²) in [6.07, 6.45) is 0.790. The van der Waals surface area contributed by atoms with Crippen molar-refractivity contribution in [2.75, 3.05) is 33.8 Å². The summed E-state index contributed by atoms with van der Waals surface area (Å²) in [4.78, 5) is 10.1. The predicted octanol–water partition coefficient (Wildman–Crippen LogP) is -1.41. The Hall–Kier alpha value is -0.610. The van der Waals surface area contributed by atoms with Crippen molar-refractivity contribution >= 4 is 5.97 Å². The van der Waals surface area contributed by atoms with Gasteiger partial charge in [0, 0.05) is 25.4 Å². The lowest BCUT2D eigenvalue weighted by Crippen LogP contribution is -2.43. The third-order valence-corrected chi connectivity index (χ3v) is 1.84. The summed E-state index contributed by atoms with van der Waals surface area (Å²) < 4.78 is 0.620. The van der Waals surface area contributed by atoms with Crippen LogP contribution >= 0.6 is 0 Å². The Morgan fingerprint density at radius 1 is 1.42 bits per heavy atom. The maximum atomic E-state index is 10.1. The van der Waals surface area contributed by atoms with Crippen molar-refractivity contribution < 1.29 is 19.5 Å². The molecule has 0 aromatic heterocycles. The molecule has 0 rings (SSSR count). The van der Waals surface area contributed by atoms with Gasteiger partial charge >= 0.3 is 0 Å². The molecule has 0 radical (unpaired) electrons. The van der Waals surface area contributed by atoms with E-state index in [1.165, 1.54) is 0 Å². The fourth-order valence-electron chi connectivity index (χ4n) is 1.00. The Bertz CT molecular complexity index is 145. The number of nitrogens with zero attached hydrogens (tertiary/aromatic N) is 1. The summed E-state index contributed by atoms with van der Waals surface area (Å²) in [5, 5.41) is 18.7. The summed E-state index contributed by atoms with van der Waals surface area (Å²) in [6.45, 7) is 1.51. The van der Waals surface area contributed by atoms with E-state index in [1.807, 2.05) is 14.1 Å². The standard InChI is InChI=1S/C8H17NO3/c1-9(2,5-3-7-10)6-4-8(11)12/h10H,3-7H2,1-2H3. The Labute approximate surface area is 73.0 Å². The number of carboxylic acids is 1. The van der Waals surface area contributed by atoms with E-state index in [-0.39, 0.29) is 13.0 Å². The minimum atomic E-state index is -1.01. The van der Waals surface area contributed by atoms with Crippen molar-refractivity contribution in [3.63, 3.8) is 0 Å². The van der Waals surface area contributed by atoms with E-state index in [1.54, 1.807) is 0 Å². The van der Waals surface area contributed by atoms with E-state index in [9.17, 15) is 9.90 Å². The molecule has 0 aromatic carbocycles. The molecular formula is C8H17NO3. The lowest BCUT2D eigenvalue weighted by atomic mass is 10.3. The van der Waals surface area contributed by atoms with Gasteiger partial charge in [-0.05, 0) is 0 Å². The van der Waals surface area contributed by atoms with Gasteiger partial charge < -0.3 is 19.5 Å². The zero-order valence-electron chi connectivity index (χ0n) is 7.75. The minimum Gasteiger partial charge on any atom is -0.550 e. The fourth-order valence-corrected chi connectivity index (χ4v) is 1.00. The summed E-state index contributed by atoms with van der Waals surface area (Å²) in [5.41, 5.74) is 0. The van der Waals surface area contributed by atoms with E-state index < -0.39 is 5.97 Å². The summed E-state index contributed by atoms with van der Waals surface area (Å²) in [6, 6.07) is 0. The molecule has 4 nitrogen and oxygen atoms in total. The molecule has 0 spiro atoms. The highest BCUT2D eigenvalue weighted by Gasteiger charge is 2.13. The monoisotopic (exact) mass is 175 g/mol. The van der Waals surface area contributed by atoms with Gasteiger partial charge in [-0.2, -0.15) is 0 Å². The van der Waals surface area contributed by atoms with Crippen LogP contribution in [0.25, 0.3) is 0 Å². The highest BCUT2D eigenvalue weighted by atomic mass is 16.4. The topological polar surface area (TPSA) is 60.4 Å². The molecule has 0 fully saturated rings. The third-order valence-electron chi connectivity index (χ3n) is 1.84. The van der Waals surface area contributed by atoms with E-state index in [0.717, 1.165) is 6.54 Å². The van der Waals surface area contributed by atoms with Crippen molar-refractivity contribution in [3.8, 4) is 0 Å². The average Bonchev–Trinajstić information content (AvgIpc) is 1.98. The van der Waals surface area contributed by atoms with Crippen LogP contribution in [0, 0.1) is 0 Å². The van der Waals surface area contributed by atoms with Crippen LogP contribution in [0.5, 0.6) is 0 Å². The molecule has 0 atom stereocenters. The van der Waals surface area contributed by atoms with Crippen LogP contribution in [0.3, 0.4) is 0 Å². The quantitative estimate of drug-likeness (QED) is 0.504. The number of carbonyl (C=O) groups excluding carboxylic acids is 1. The summed E-state index contributed by atoms with van der Waals surface area (Å²) in [5.74, 6) is -1.01. The van der Waals surface area contributed by atoms with Crippen LogP contribution in [0.15, 0.2) is 0 Å². The van der Waals surface area contributed by atoms with Gasteiger partial charge in [0.25, 0.3) is 0 Å². The molecule has 12 heavy (non-hydrogen) atoms. The maximum absolute atomic E-state index is 10.1. The van der Waals surface area contributed by atoms with Gasteiger partial charge in [-0.25, -0.2) is 0 Å². The second-order valence-corrected chi connectivity index (χ2v) is 3.58. The molecule has 0 heterocycles. The normalized spacial score (nSPS) is 11.6. The van der Waals surface area contributed by atoms with Gasteiger partial charge in [-0.3, -0.25) is 0 Å². The molecular weight excluding hydrogens is 158 g/mol. The van der Waals surface area contributed by atoms with Crippen LogP contribution in [0.4, 0.5) is 0 Å². The van der Waals surface area contributed by atoms with E-state index in [0.29, 0.717) is 17.4 Å². The highest BCUT2D eigenvalue weighted by Crippen LogP contribution is 2.00. The zero-order chi connectivity index (χ0) is 9.61. The Kier molecular flexibility index (Phi) is 4.85. The van der Waals surface area contributed by atoms with Crippen LogP contribution < -0.4 is 5.11 Å². The molecule has 72 valence electrons. The third kappa shape index (κ3) is 6.12. The number of quaternary nitrogens is 1. The van der Waals surface area contributed by atoms with Crippen molar-refractivity contribution in [3.05, 3.63) is 0 Å². The smallest absolute Gasteiger partial charge is 0.0835 e. The number of aliphatic carboxylic acids is 1. The number of aliphatic hydroxyl groups is 1. The molecule has 0 aliphatic heterocycles. The van der Waals surface area contributed by atoms with Crippen LogP contribution in [-0.2, 0) is 4.79 Å². The van der Waals surface area contributed by atoms with Crippen molar-refractivity contribution in [2.45, 2.75) is 12.8 Å². The molecule has 0 saturated carbocycles. The number of hydrogen-bond donors (Lipinski definition) is 1. The average molecular weight is 175 g/mol. The Morgan fingerprint density at radius 2 is 2.00 bits per heavy atom. The van der Waals surface area contributed by atoms with Gasteiger partial charge in [0.05, 0.1) is 27.2 Å². The lowest BCUT2D eigenvalue weighted by Gasteiger charge is -2.29. The number of carbonyl (C=O) groups is 1. The van der Waals surface area contributed by atoms with Gasteiger partial charge in [0.15, 0.2) is 0 Å². The van der Waals surface area contributed by atoms with Crippen molar-refractivity contribution in [1.29, 1.82) is 0 Å². The molecule has 1 N–H and O–H groups in total. The van der Waals surface area contributed by atoms with Crippen LogP contribution in [0.2, 0.25) is 0 Å². The number of aliphatic hydroxyl groups excluding tert-OH is 1.